The van der Waals surface area contributed by atoms with Crippen molar-refractivity contribution in [3.05, 3.63) is 18.5 Å². The van der Waals surface area contributed by atoms with E-state index in [2.05, 4.69) is 24.8 Å². The van der Waals surface area contributed by atoms with Crippen LogP contribution in [0.2, 0.25) is 0 Å². The van der Waals surface area contributed by atoms with Crippen molar-refractivity contribution < 1.29 is 0 Å². The maximum atomic E-state index is 6.17. The molecule has 1 aromatic heterocycles. The molecule has 0 radical (unpaired) electrons. The third-order valence-corrected chi connectivity index (χ3v) is 5.55. The lowest BCUT2D eigenvalue weighted by Gasteiger charge is -2.35. The van der Waals surface area contributed by atoms with Crippen LogP contribution in [0.3, 0.4) is 0 Å². The second kappa shape index (κ2) is 9.51. The van der Waals surface area contributed by atoms with Crippen molar-refractivity contribution in [3.63, 3.8) is 0 Å². The SMILES string of the molecule is I.NC(=NCC1CCCCS1)N1CCN(c2ncccn2)CC1. The molecular formula is C15H25IN6S. The van der Waals surface area contributed by atoms with Gasteiger partial charge in [0.2, 0.25) is 5.95 Å². The lowest BCUT2D eigenvalue weighted by molar-refractivity contribution is 0.378. The van der Waals surface area contributed by atoms with Crippen LogP contribution in [0.25, 0.3) is 0 Å². The summed E-state index contributed by atoms with van der Waals surface area (Å²) in [6.45, 7) is 4.39. The van der Waals surface area contributed by atoms with Crippen LogP contribution in [0, 0.1) is 0 Å². The average molecular weight is 448 g/mol. The summed E-state index contributed by atoms with van der Waals surface area (Å²) < 4.78 is 0. The van der Waals surface area contributed by atoms with E-state index in [1.807, 2.05) is 17.8 Å². The Morgan fingerprint density at radius 2 is 1.96 bits per heavy atom. The van der Waals surface area contributed by atoms with E-state index >= 15 is 0 Å². The Morgan fingerprint density at radius 1 is 1.22 bits per heavy atom. The van der Waals surface area contributed by atoms with Crippen LogP contribution in [0.4, 0.5) is 5.95 Å². The first kappa shape index (κ1) is 18.6. The van der Waals surface area contributed by atoms with Crippen LogP contribution >= 0.6 is 35.7 Å². The summed E-state index contributed by atoms with van der Waals surface area (Å²) in [4.78, 5) is 17.6. The predicted octanol–water partition coefficient (Wildman–Crippen LogP) is 1.82. The smallest absolute Gasteiger partial charge is 0.225 e. The highest BCUT2D eigenvalue weighted by molar-refractivity contribution is 14.0. The molecule has 2 N–H and O–H groups in total. The number of hydrogen-bond acceptors (Lipinski definition) is 5. The zero-order valence-corrected chi connectivity index (χ0v) is 16.5. The number of guanidine groups is 1. The highest BCUT2D eigenvalue weighted by Crippen LogP contribution is 2.25. The molecule has 2 aliphatic rings. The minimum atomic E-state index is 0. The zero-order chi connectivity index (χ0) is 15.2. The number of halogens is 1. The molecule has 6 nitrogen and oxygen atoms in total. The van der Waals surface area contributed by atoms with Crippen molar-refractivity contribution in [2.45, 2.75) is 24.5 Å². The average Bonchev–Trinajstić information content (AvgIpc) is 2.61. The number of hydrogen-bond donors (Lipinski definition) is 1. The van der Waals surface area contributed by atoms with Gasteiger partial charge in [0.25, 0.3) is 0 Å². The molecule has 3 rings (SSSR count). The van der Waals surface area contributed by atoms with Crippen LogP contribution < -0.4 is 10.6 Å². The Morgan fingerprint density at radius 3 is 2.61 bits per heavy atom. The van der Waals surface area contributed by atoms with Crippen molar-refractivity contribution in [2.75, 3.05) is 43.4 Å². The first-order valence-corrected chi connectivity index (χ1v) is 9.06. The van der Waals surface area contributed by atoms with E-state index in [9.17, 15) is 0 Å². The van der Waals surface area contributed by atoms with E-state index in [0.717, 1.165) is 38.7 Å². The molecule has 2 aliphatic heterocycles. The van der Waals surface area contributed by atoms with E-state index in [1.54, 1.807) is 12.4 Å². The van der Waals surface area contributed by atoms with Crippen molar-refractivity contribution in [3.8, 4) is 0 Å². The van der Waals surface area contributed by atoms with Gasteiger partial charge < -0.3 is 15.5 Å². The van der Waals surface area contributed by atoms with Crippen molar-refractivity contribution in [2.24, 2.45) is 10.7 Å². The van der Waals surface area contributed by atoms with Gasteiger partial charge in [0.1, 0.15) is 0 Å². The molecule has 128 valence electrons. The molecular weight excluding hydrogens is 423 g/mol. The predicted molar refractivity (Wildman–Crippen MR) is 108 cm³/mol. The van der Waals surface area contributed by atoms with E-state index in [-0.39, 0.29) is 24.0 Å². The quantitative estimate of drug-likeness (QED) is 0.432. The third kappa shape index (κ3) is 5.37. The second-order valence-electron chi connectivity index (χ2n) is 5.71. The molecule has 0 aliphatic carbocycles. The molecule has 0 amide bonds. The minimum absolute atomic E-state index is 0. The molecule has 0 bridgehead atoms. The van der Waals surface area contributed by atoms with E-state index in [0.29, 0.717) is 11.2 Å². The van der Waals surface area contributed by atoms with Gasteiger partial charge in [-0.2, -0.15) is 11.8 Å². The van der Waals surface area contributed by atoms with E-state index in [1.165, 1.54) is 25.0 Å². The molecule has 0 saturated carbocycles. The summed E-state index contributed by atoms with van der Waals surface area (Å²) in [7, 11) is 0. The fourth-order valence-electron chi connectivity index (χ4n) is 2.84. The lowest BCUT2D eigenvalue weighted by atomic mass is 10.2. The van der Waals surface area contributed by atoms with E-state index < -0.39 is 0 Å². The number of nitrogens with zero attached hydrogens (tertiary/aromatic N) is 5. The summed E-state index contributed by atoms with van der Waals surface area (Å²) in [6, 6.07) is 1.84. The normalized spacial score (nSPS) is 22.6. The lowest BCUT2D eigenvalue weighted by Crippen LogP contribution is -2.51. The summed E-state index contributed by atoms with van der Waals surface area (Å²) in [5.74, 6) is 2.77. The molecule has 0 aromatic carbocycles. The standard InChI is InChI=1S/C15H24N6S.HI/c16-14(19-12-13-4-1-2-11-22-13)20-7-9-21(10-8-20)15-17-5-3-6-18-15;/h3,5-6,13H,1-2,4,7-12H2,(H2,16,19);1H. The molecule has 1 aromatic rings. The summed E-state index contributed by atoms with van der Waals surface area (Å²) in [5.41, 5.74) is 6.17. The minimum Gasteiger partial charge on any atom is -0.370 e. The second-order valence-corrected chi connectivity index (χ2v) is 7.12. The Kier molecular flexibility index (Phi) is 7.68. The fourth-order valence-corrected chi connectivity index (χ4v) is 4.05. The Labute approximate surface area is 159 Å². The molecule has 23 heavy (non-hydrogen) atoms. The molecule has 8 heteroatoms. The number of thioether (sulfide) groups is 1. The topological polar surface area (TPSA) is 70.6 Å². The Hall–Kier alpha value is -0.770. The summed E-state index contributed by atoms with van der Waals surface area (Å²) in [5, 5.41) is 0.659. The van der Waals surface area contributed by atoms with Gasteiger partial charge in [0.15, 0.2) is 5.96 Å². The van der Waals surface area contributed by atoms with Crippen LogP contribution in [-0.4, -0.2) is 64.6 Å². The number of nitrogens with two attached hydrogens (primary N) is 1. The van der Waals surface area contributed by atoms with Gasteiger partial charge in [-0.3, -0.25) is 4.99 Å². The summed E-state index contributed by atoms with van der Waals surface area (Å²) in [6.07, 6.45) is 7.53. The van der Waals surface area contributed by atoms with Gasteiger partial charge in [0.05, 0.1) is 6.54 Å². The molecule has 3 heterocycles. The van der Waals surface area contributed by atoms with Gasteiger partial charge in [-0.15, -0.1) is 24.0 Å². The van der Waals surface area contributed by atoms with Crippen LogP contribution in [-0.2, 0) is 0 Å². The number of aromatic nitrogens is 2. The number of rotatable bonds is 3. The largest absolute Gasteiger partial charge is 0.370 e. The van der Waals surface area contributed by atoms with Gasteiger partial charge in [-0.25, -0.2) is 9.97 Å². The number of piperazine rings is 1. The maximum Gasteiger partial charge on any atom is 0.225 e. The molecule has 2 saturated heterocycles. The van der Waals surface area contributed by atoms with Crippen LogP contribution in [0.1, 0.15) is 19.3 Å². The van der Waals surface area contributed by atoms with Crippen molar-refractivity contribution in [1.29, 1.82) is 0 Å². The van der Waals surface area contributed by atoms with Gasteiger partial charge in [0, 0.05) is 43.8 Å². The zero-order valence-electron chi connectivity index (χ0n) is 13.3. The fraction of sp³-hybridized carbons (Fsp3) is 0.667. The first-order chi connectivity index (χ1) is 10.8. The van der Waals surface area contributed by atoms with Crippen molar-refractivity contribution >= 4 is 47.6 Å². The monoisotopic (exact) mass is 448 g/mol. The molecule has 1 atom stereocenters. The van der Waals surface area contributed by atoms with Gasteiger partial charge in [-0.05, 0) is 24.7 Å². The molecule has 0 spiro atoms. The Balaban J connectivity index is 0.00000192. The number of anilines is 1. The number of aliphatic imine (C=N–C) groups is 1. The van der Waals surface area contributed by atoms with E-state index in [4.69, 9.17) is 5.73 Å². The van der Waals surface area contributed by atoms with Crippen LogP contribution in [0.15, 0.2) is 23.5 Å². The maximum absolute atomic E-state index is 6.17. The molecule has 2 fully saturated rings. The van der Waals surface area contributed by atoms with Crippen LogP contribution in [0.5, 0.6) is 0 Å². The van der Waals surface area contributed by atoms with Gasteiger partial charge in [-0.1, -0.05) is 6.42 Å². The first-order valence-electron chi connectivity index (χ1n) is 8.01. The molecule has 1 unspecified atom stereocenters. The van der Waals surface area contributed by atoms with Crippen molar-refractivity contribution in [1.82, 2.24) is 14.9 Å². The highest BCUT2D eigenvalue weighted by atomic mass is 127. The third-order valence-electron chi connectivity index (χ3n) is 4.17. The summed E-state index contributed by atoms with van der Waals surface area (Å²) >= 11 is 2.04. The Bertz CT molecular complexity index is 486. The highest BCUT2D eigenvalue weighted by Gasteiger charge is 2.20. The van der Waals surface area contributed by atoms with Gasteiger partial charge >= 0.3 is 0 Å².